The van der Waals surface area contributed by atoms with Gasteiger partial charge in [-0.15, -0.1) is 0 Å². The van der Waals surface area contributed by atoms with Gasteiger partial charge < -0.3 is 14.6 Å². The van der Waals surface area contributed by atoms with Crippen molar-refractivity contribution in [2.45, 2.75) is 32.7 Å². The van der Waals surface area contributed by atoms with E-state index in [0.717, 1.165) is 18.4 Å². The molecule has 0 bridgehead atoms. The molecule has 1 N–H and O–H groups in total. The highest BCUT2D eigenvalue weighted by atomic mass is 19.1. The first-order chi connectivity index (χ1) is 16.0. The Morgan fingerprint density at radius 3 is 2.79 bits per heavy atom. The van der Waals surface area contributed by atoms with Crippen LogP contribution in [0.3, 0.4) is 0 Å². The zero-order valence-electron chi connectivity index (χ0n) is 18.5. The Hall–Kier alpha value is -3.75. The number of hydrogen-bond acceptors (Lipinski definition) is 6. The van der Waals surface area contributed by atoms with Gasteiger partial charge in [0.15, 0.2) is 5.58 Å². The average Bonchev–Trinajstić information content (AvgIpc) is 3.49. The summed E-state index contributed by atoms with van der Waals surface area (Å²) in [5.41, 5.74) is 2.58. The molecule has 170 valence electrons. The molecule has 0 saturated carbocycles. The Labute approximate surface area is 190 Å². The van der Waals surface area contributed by atoms with Crippen LogP contribution in [0.1, 0.15) is 35.7 Å². The van der Waals surface area contributed by atoms with Crippen LogP contribution in [-0.4, -0.2) is 49.9 Å². The second kappa shape index (κ2) is 8.65. The molecule has 0 unspecified atom stereocenters. The fourth-order valence-corrected chi connectivity index (χ4v) is 4.54. The van der Waals surface area contributed by atoms with Crippen molar-refractivity contribution in [1.29, 1.82) is 0 Å². The number of hydrogen-bond donors (Lipinski definition) is 1. The fraction of sp³-hybridized carbons (Fsp3) is 0.333. The molecule has 5 rings (SSSR count). The smallest absolute Gasteiger partial charge is 0.295 e. The van der Waals surface area contributed by atoms with E-state index in [1.165, 1.54) is 29.3 Å². The zero-order valence-corrected chi connectivity index (χ0v) is 18.5. The molecule has 0 aliphatic carbocycles. The monoisotopic (exact) mass is 448 g/mol. The third kappa shape index (κ3) is 3.94. The predicted octanol–water partition coefficient (Wildman–Crippen LogP) is 4.21. The Kier molecular flexibility index (Phi) is 5.53. The van der Waals surface area contributed by atoms with E-state index < -0.39 is 5.82 Å². The number of para-hydroxylation sites is 2. The molecule has 0 spiro atoms. The molecule has 1 fully saturated rings. The summed E-state index contributed by atoms with van der Waals surface area (Å²) >= 11 is 0. The lowest BCUT2D eigenvalue weighted by atomic mass is 9.89. The van der Waals surface area contributed by atoms with Crippen molar-refractivity contribution >= 4 is 23.0 Å². The van der Waals surface area contributed by atoms with Crippen LogP contribution in [0.25, 0.3) is 16.8 Å². The second-order valence-electron chi connectivity index (χ2n) is 8.44. The Morgan fingerprint density at radius 2 is 2.00 bits per heavy atom. The summed E-state index contributed by atoms with van der Waals surface area (Å²) in [5.74, 6) is -0.297. The number of oxazole rings is 1. The molecule has 2 aromatic heterocycles. The van der Waals surface area contributed by atoms with Gasteiger partial charge in [-0.2, -0.15) is 20.0 Å². The Balaban J connectivity index is 1.43. The summed E-state index contributed by atoms with van der Waals surface area (Å²) in [6, 6.07) is 10.8. The molecule has 1 saturated heterocycles. The molecule has 0 radical (unpaired) electrons. The first-order valence-corrected chi connectivity index (χ1v) is 11.1. The van der Waals surface area contributed by atoms with E-state index >= 15 is 0 Å². The molecule has 1 aliphatic rings. The van der Waals surface area contributed by atoms with Gasteiger partial charge in [0.1, 0.15) is 17.0 Å². The summed E-state index contributed by atoms with van der Waals surface area (Å²) in [7, 11) is 0. The molecule has 4 aromatic rings. The van der Waals surface area contributed by atoms with Gasteiger partial charge in [0.25, 0.3) is 11.9 Å². The normalized spacial score (nSPS) is 18.6. The standard InChI is InChI=1S/C24H25FN6O2/c1-15-6-5-13-30(20(15)14-26-24-29-19-7-3-4-8-21(19)33-24)23(32)17-9-10-18(25)16(2)22(17)31-27-11-12-28-31/h3-4,7-12,15,20H,5-6,13-14H2,1-2H3,(H,26,29)/t15-,20-/m1/s1. The number of rotatable bonds is 5. The van der Waals surface area contributed by atoms with E-state index in [4.69, 9.17) is 4.42 Å². The number of aromatic nitrogens is 4. The number of benzene rings is 2. The van der Waals surface area contributed by atoms with Crippen LogP contribution in [-0.2, 0) is 0 Å². The number of nitrogens with one attached hydrogen (secondary N) is 1. The number of fused-ring (bicyclic) bond motifs is 1. The van der Waals surface area contributed by atoms with Crippen molar-refractivity contribution in [3.05, 3.63) is 65.7 Å². The lowest BCUT2D eigenvalue weighted by Crippen LogP contribution is -2.51. The summed E-state index contributed by atoms with van der Waals surface area (Å²) in [4.78, 5) is 21.4. The van der Waals surface area contributed by atoms with Crippen LogP contribution < -0.4 is 5.32 Å². The molecule has 2 atom stereocenters. The van der Waals surface area contributed by atoms with E-state index in [1.54, 1.807) is 6.92 Å². The van der Waals surface area contributed by atoms with Gasteiger partial charge in [-0.1, -0.05) is 19.1 Å². The summed E-state index contributed by atoms with van der Waals surface area (Å²) < 4.78 is 20.2. The molecule has 8 nitrogen and oxygen atoms in total. The third-order valence-corrected chi connectivity index (χ3v) is 6.35. The number of piperidine rings is 1. The van der Waals surface area contributed by atoms with Crippen molar-refractivity contribution in [3.63, 3.8) is 0 Å². The lowest BCUT2D eigenvalue weighted by Gasteiger charge is -2.40. The van der Waals surface area contributed by atoms with E-state index in [2.05, 4.69) is 27.4 Å². The molecule has 33 heavy (non-hydrogen) atoms. The van der Waals surface area contributed by atoms with Crippen LogP contribution >= 0.6 is 0 Å². The SMILES string of the molecule is Cc1c(F)ccc(C(=O)N2CCC[C@@H](C)[C@H]2CNc2nc3ccccc3o2)c1-n1nccn1. The lowest BCUT2D eigenvalue weighted by molar-refractivity contribution is 0.0538. The van der Waals surface area contributed by atoms with E-state index in [1.807, 2.05) is 29.2 Å². The van der Waals surface area contributed by atoms with Gasteiger partial charge in [0, 0.05) is 18.7 Å². The molecule has 9 heteroatoms. The molecular formula is C24H25FN6O2. The third-order valence-electron chi connectivity index (χ3n) is 6.35. The van der Waals surface area contributed by atoms with Crippen molar-refractivity contribution in [2.75, 3.05) is 18.4 Å². The van der Waals surface area contributed by atoms with Crippen molar-refractivity contribution in [3.8, 4) is 5.69 Å². The van der Waals surface area contributed by atoms with Gasteiger partial charge >= 0.3 is 0 Å². The number of carbonyl (C=O) groups excluding carboxylic acids is 1. The van der Waals surface area contributed by atoms with Crippen molar-refractivity contribution in [2.24, 2.45) is 5.92 Å². The van der Waals surface area contributed by atoms with Crippen LogP contribution in [0.2, 0.25) is 0 Å². The average molecular weight is 449 g/mol. The van der Waals surface area contributed by atoms with Crippen molar-refractivity contribution in [1.82, 2.24) is 24.9 Å². The molecule has 1 amide bonds. The van der Waals surface area contributed by atoms with Gasteiger partial charge in [0.2, 0.25) is 0 Å². The van der Waals surface area contributed by atoms with Gasteiger partial charge in [-0.25, -0.2) is 4.39 Å². The van der Waals surface area contributed by atoms with Crippen LogP contribution in [0.15, 0.2) is 53.2 Å². The van der Waals surface area contributed by atoms with Crippen LogP contribution in [0.5, 0.6) is 0 Å². The Morgan fingerprint density at radius 1 is 1.21 bits per heavy atom. The minimum atomic E-state index is -0.403. The predicted molar refractivity (Wildman–Crippen MR) is 122 cm³/mol. The number of amides is 1. The number of anilines is 1. The molecule has 3 heterocycles. The Bertz CT molecular complexity index is 1250. The number of nitrogens with zero attached hydrogens (tertiary/aromatic N) is 5. The highest BCUT2D eigenvalue weighted by molar-refractivity contribution is 5.98. The minimum Gasteiger partial charge on any atom is -0.424 e. The van der Waals surface area contributed by atoms with E-state index in [0.29, 0.717) is 41.5 Å². The second-order valence-corrected chi connectivity index (χ2v) is 8.44. The molecule has 1 aliphatic heterocycles. The van der Waals surface area contributed by atoms with Crippen LogP contribution in [0, 0.1) is 18.7 Å². The van der Waals surface area contributed by atoms with Crippen LogP contribution in [0.4, 0.5) is 10.4 Å². The minimum absolute atomic E-state index is 0.0787. The largest absolute Gasteiger partial charge is 0.424 e. The number of carbonyl (C=O) groups is 1. The molecular weight excluding hydrogens is 423 g/mol. The zero-order chi connectivity index (χ0) is 22.9. The molecule has 2 aromatic carbocycles. The maximum Gasteiger partial charge on any atom is 0.295 e. The van der Waals surface area contributed by atoms with Crippen molar-refractivity contribution < 1.29 is 13.6 Å². The first kappa shape index (κ1) is 21.1. The van der Waals surface area contributed by atoms with Gasteiger partial charge in [-0.3, -0.25) is 4.79 Å². The first-order valence-electron chi connectivity index (χ1n) is 11.1. The summed E-state index contributed by atoms with van der Waals surface area (Å²) in [6.45, 7) is 4.89. The maximum atomic E-state index is 14.4. The number of halogens is 1. The summed E-state index contributed by atoms with van der Waals surface area (Å²) in [5, 5.41) is 11.6. The maximum absolute atomic E-state index is 14.4. The van der Waals surface area contributed by atoms with E-state index in [-0.39, 0.29) is 17.9 Å². The van der Waals surface area contributed by atoms with Gasteiger partial charge in [0.05, 0.1) is 24.0 Å². The highest BCUT2D eigenvalue weighted by Crippen LogP contribution is 2.29. The summed E-state index contributed by atoms with van der Waals surface area (Å²) in [6.07, 6.45) is 4.94. The highest BCUT2D eigenvalue weighted by Gasteiger charge is 2.34. The van der Waals surface area contributed by atoms with E-state index in [9.17, 15) is 9.18 Å². The quantitative estimate of drug-likeness (QED) is 0.492. The topological polar surface area (TPSA) is 89.1 Å². The van der Waals surface area contributed by atoms with Gasteiger partial charge in [-0.05, 0) is 49.9 Å². The fourth-order valence-electron chi connectivity index (χ4n) is 4.54. The number of likely N-dealkylation sites (tertiary alicyclic amines) is 1.